The van der Waals surface area contributed by atoms with Crippen LogP contribution in [0.3, 0.4) is 0 Å². The second-order valence-corrected chi connectivity index (χ2v) is 12.7. The number of aliphatic imine (C=N–C) groups is 1. The molecule has 212 valence electrons. The molecule has 2 aliphatic carbocycles. The Hall–Kier alpha value is -2.22. The molecule has 1 aliphatic heterocycles. The predicted molar refractivity (Wildman–Crippen MR) is 156 cm³/mol. The lowest BCUT2D eigenvalue weighted by atomic mass is 9.80. The number of hydrogen-bond donors (Lipinski definition) is 2. The number of anilines is 2. The zero-order chi connectivity index (χ0) is 27.2. The van der Waals surface area contributed by atoms with Crippen LogP contribution in [0.4, 0.5) is 17.3 Å². The summed E-state index contributed by atoms with van der Waals surface area (Å²) in [6.07, 6.45) is 13.6. The summed E-state index contributed by atoms with van der Waals surface area (Å²) >= 11 is 0. The summed E-state index contributed by atoms with van der Waals surface area (Å²) in [5, 5.41) is 13.4. The van der Waals surface area contributed by atoms with E-state index in [1.165, 1.54) is 70.6 Å². The molecule has 2 heterocycles. The van der Waals surface area contributed by atoms with E-state index in [2.05, 4.69) is 64.5 Å². The van der Waals surface area contributed by atoms with Crippen molar-refractivity contribution in [3.05, 3.63) is 5.82 Å². The maximum absolute atomic E-state index is 12.0. The van der Waals surface area contributed by atoms with E-state index in [0.717, 1.165) is 31.4 Å². The summed E-state index contributed by atoms with van der Waals surface area (Å²) in [5.41, 5.74) is 0.823. The maximum atomic E-state index is 12.0. The molecule has 0 bridgehead atoms. The Bertz CT molecular complexity index is 941. The summed E-state index contributed by atoms with van der Waals surface area (Å²) in [7, 11) is 0. The summed E-state index contributed by atoms with van der Waals surface area (Å²) in [4.78, 5) is 30.3. The lowest BCUT2D eigenvalue weighted by Crippen LogP contribution is -2.48. The third kappa shape index (κ3) is 7.25. The zero-order valence-corrected chi connectivity index (χ0v) is 24.2. The Kier molecular flexibility index (Phi) is 10.0. The molecule has 1 saturated heterocycles. The first kappa shape index (κ1) is 28.8. The van der Waals surface area contributed by atoms with Crippen molar-refractivity contribution in [2.24, 2.45) is 28.7 Å². The van der Waals surface area contributed by atoms with Crippen LogP contribution < -0.4 is 10.2 Å². The van der Waals surface area contributed by atoms with Crippen molar-refractivity contribution in [3.8, 4) is 0 Å². The maximum Gasteiger partial charge on any atom is 0.374 e. The van der Waals surface area contributed by atoms with Crippen molar-refractivity contribution in [3.63, 3.8) is 0 Å². The van der Waals surface area contributed by atoms with Gasteiger partial charge in [-0.2, -0.15) is 0 Å². The van der Waals surface area contributed by atoms with E-state index < -0.39 is 5.97 Å². The van der Waals surface area contributed by atoms with Gasteiger partial charge in [0.2, 0.25) is 5.82 Å². The van der Waals surface area contributed by atoms with Crippen LogP contribution in [0.1, 0.15) is 109 Å². The summed E-state index contributed by atoms with van der Waals surface area (Å²) in [5.74, 6) is 2.23. The lowest BCUT2D eigenvalue weighted by Gasteiger charge is -2.42. The van der Waals surface area contributed by atoms with Gasteiger partial charge in [0, 0.05) is 25.2 Å². The van der Waals surface area contributed by atoms with Crippen LogP contribution in [-0.2, 0) is 0 Å². The van der Waals surface area contributed by atoms with Gasteiger partial charge in [-0.1, -0.05) is 46.5 Å². The summed E-state index contributed by atoms with van der Waals surface area (Å²) in [6, 6.07) is 0.764. The molecule has 3 aliphatic rings. The van der Waals surface area contributed by atoms with Gasteiger partial charge in [-0.15, -0.1) is 0 Å². The number of carboxylic acid groups (broad SMARTS) is 1. The van der Waals surface area contributed by atoms with Gasteiger partial charge in [-0.3, -0.25) is 4.90 Å². The number of aromatic carboxylic acids is 1. The second kappa shape index (κ2) is 13.2. The van der Waals surface area contributed by atoms with Crippen molar-refractivity contribution in [1.82, 2.24) is 14.9 Å². The van der Waals surface area contributed by atoms with Crippen LogP contribution >= 0.6 is 0 Å². The Labute approximate surface area is 229 Å². The highest BCUT2D eigenvalue weighted by molar-refractivity contribution is 5.87. The van der Waals surface area contributed by atoms with E-state index in [4.69, 9.17) is 0 Å². The molecule has 8 nitrogen and oxygen atoms in total. The first-order valence-corrected chi connectivity index (χ1v) is 15.1. The molecule has 0 spiro atoms. The Morgan fingerprint density at radius 1 is 1.11 bits per heavy atom. The predicted octanol–water partition coefficient (Wildman–Crippen LogP) is 6.60. The van der Waals surface area contributed by atoms with Gasteiger partial charge in [0.25, 0.3) is 0 Å². The fourth-order valence-corrected chi connectivity index (χ4v) is 6.63. The van der Waals surface area contributed by atoms with Gasteiger partial charge in [-0.25, -0.2) is 19.8 Å². The normalized spacial score (nSPS) is 25.6. The standard InChI is InChI=1S/C30H50N6O2/c1-20(2)17-25-11-6-7-16-35(25)19-36(18-23-14-12-21(3)13-15-23)26-27(31-5)33-29(30(37)38)34-28(26)32-22(4)24-9-8-10-24/h20-25H,5-19H2,1-4H3,(H,37,38)(H,32,33,34)/t21?,22-,23?,25?/m1/s1. The number of carboxylic acids is 1. The van der Waals surface area contributed by atoms with E-state index >= 15 is 0 Å². The van der Waals surface area contributed by atoms with Gasteiger partial charge in [-0.05, 0) is 82.3 Å². The van der Waals surface area contributed by atoms with Crippen LogP contribution in [-0.4, -0.2) is 64.5 Å². The molecule has 1 aromatic rings. The van der Waals surface area contributed by atoms with Crippen LogP contribution in [0.2, 0.25) is 0 Å². The number of rotatable bonds is 12. The smallest absolute Gasteiger partial charge is 0.374 e. The van der Waals surface area contributed by atoms with Gasteiger partial charge >= 0.3 is 5.97 Å². The highest BCUT2D eigenvalue weighted by Crippen LogP contribution is 2.39. The number of aromatic nitrogens is 2. The van der Waals surface area contributed by atoms with Crippen LogP contribution in [0.25, 0.3) is 0 Å². The zero-order valence-electron chi connectivity index (χ0n) is 24.2. The van der Waals surface area contributed by atoms with E-state index in [1.54, 1.807) is 0 Å². The lowest BCUT2D eigenvalue weighted by molar-refractivity contribution is 0.0683. The van der Waals surface area contributed by atoms with Gasteiger partial charge < -0.3 is 15.3 Å². The van der Waals surface area contributed by atoms with E-state index in [0.29, 0.717) is 35.4 Å². The monoisotopic (exact) mass is 526 g/mol. The fourth-order valence-electron chi connectivity index (χ4n) is 6.63. The van der Waals surface area contributed by atoms with Crippen molar-refractivity contribution in [2.45, 2.75) is 110 Å². The quantitative estimate of drug-likeness (QED) is 0.296. The highest BCUT2D eigenvalue weighted by atomic mass is 16.4. The van der Waals surface area contributed by atoms with Crippen LogP contribution in [0, 0.1) is 23.7 Å². The SMILES string of the molecule is C=Nc1nc(C(=O)O)nc(N[C@H](C)C2CCC2)c1N(CC1CCC(C)CC1)CN1CCCCC1CC(C)C. The van der Waals surface area contributed by atoms with E-state index in [9.17, 15) is 9.90 Å². The molecular formula is C30H50N6O2. The number of piperidine rings is 1. The minimum Gasteiger partial charge on any atom is -0.475 e. The fraction of sp³-hybridized carbons (Fsp3) is 0.800. The molecule has 38 heavy (non-hydrogen) atoms. The number of carbonyl (C=O) groups is 1. The van der Waals surface area contributed by atoms with Gasteiger partial charge in [0.1, 0.15) is 5.69 Å². The minimum atomic E-state index is -1.14. The Balaban J connectivity index is 1.71. The summed E-state index contributed by atoms with van der Waals surface area (Å²) < 4.78 is 0. The van der Waals surface area contributed by atoms with Crippen molar-refractivity contribution >= 4 is 30.0 Å². The molecule has 8 heteroatoms. The molecule has 2 saturated carbocycles. The van der Waals surface area contributed by atoms with Crippen LogP contribution in [0.15, 0.2) is 4.99 Å². The molecule has 1 unspecified atom stereocenters. The Morgan fingerprint density at radius 3 is 2.45 bits per heavy atom. The third-order valence-corrected chi connectivity index (χ3v) is 9.20. The van der Waals surface area contributed by atoms with Gasteiger partial charge in [0.15, 0.2) is 11.6 Å². The molecule has 1 aromatic heterocycles. The molecule has 0 radical (unpaired) electrons. The van der Waals surface area contributed by atoms with Crippen molar-refractivity contribution < 1.29 is 9.90 Å². The first-order chi connectivity index (χ1) is 18.2. The molecular weight excluding hydrogens is 476 g/mol. The summed E-state index contributed by atoms with van der Waals surface area (Å²) in [6.45, 7) is 15.8. The molecule has 4 rings (SSSR count). The molecule has 2 N–H and O–H groups in total. The molecule has 2 atom stereocenters. The number of nitrogens with one attached hydrogen (secondary N) is 1. The highest BCUT2D eigenvalue weighted by Gasteiger charge is 2.32. The second-order valence-electron chi connectivity index (χ2n) is 12.7. The average Bonchev–Trinajstić information content (AvgIpc) is 2.84. The molecule has 0 amide bonds. The van der Waals surface area contributed by atoms with E-state index in [1.807, 2.05) is 0 Å². The molecule has 0 aromatic carbocycles. The topological polar surface area (TPSA) is 93.9 Å². The van der Waals surface area contributed by atoms with E-state index in [-0.39, 0.29) is 11.9 Å². The largest absolute Gasteiger partial charge is 0.475 e. The Morgan fingerprint density at radius 2 is 1.84 bits per heavy atom. The van der Waals surface area contributed by atoms with Crippen molar-refractivity contribution in [2.75, 3.05) is 30.0 Å². The molecule has 3 fully saturated rings. The first-order valence-electron chi connectivity index (χ1n) is 15.1. The number of nitrogens with zero attached hydrogens (tertiary/aromatic N) is 5. The number of likely N-dealkylation sites (tertiary alicyclic amines) is 1. The van der Waals surface area contributed by atoms with Crippen molar-refractivity contribution in [1.29, 1.82) is 0 Å². The van der Waals surface area contributed by atoms with Crippen LogP contribution in [0.5, 0.6) is 0 Å². The minimum absolute atomic E-state index is 0.206. The number of hydrogen-bond acceptors (Lipinski definition) is 7. The average molecular weight is 527 g/mol. The third-order valence-electron chi connectivity index (χ3n) is 9.20. The van der Waals surface area contributed by atoms with Gasteiger partial charge in [0.05, 0.1) is 6.67 Å².